The van der Waals surface area contributed by atoms with Crippen molar-refractivity contribution < 1.29 is 18.9 Å². The Morgan fingerprint density at radius 1 is 0.475 bits per heavy atom. The van der Waals surface area contributed by atoms with E-state index in [4.69, 9.17) is 18.9 Å². The van der Waals surface area contributed by atoms with Crippen molar-refractivity contribution in [1.82, 2.24) is 19.6 Å². The lowest BCUT2D eigenvalue weighted by Gasteiger charge is -2.36. The fourth-order valence-corrected chi connectivity index (χ4v) is 5.64. The molecule has 0 amide bonds. The Bertz CT molecular complexity index is 570. The van der Waals surface area contributed by atoms with Crippen LogP contribution in [0.3, 0.4) is 0 Å². The van der Waals surface area contributed by atoms with Gasteiger partial charge in [0.2, 0.25) is 0 Å². The average molecular weight is 573 g/mol. The third-order valence-electron chi connectivity index (χ3n) is 8.17. The summed E-state index contributed by atoms with van der Waals surface area (Å²) in [5, 5.41) is 0. The zero-order valence-electron chi connectivity index (χ0n) is 28.5. The number of nitrogens with zero attached hydrogens (tertiary/aromatic N) is 4. The molecule has 8 nitrogen and oxygen atoms in total. The van der Waals surface area contributed by atoms with Crippen molar-refractivity contribution in [2.75, 3.05) is 78.9 Å². The van der Waals surface area contributed by atoms with Crippen molar-refractivity contribution in [3.63, 3.8) is 0 Å². The van der Waals surface area contributed by atoms with Crippen molar-refractivity contribution in [3.05, 3.63) is 0 Å². The van der Waals surface area contributed by atoms with Crippen molar-refractivity contribution in [1.29, 1.82) is 0 Å². The Hall–Kier alpha value is -0.320. The van der Waals surface area contributed by atoms with Crippen LogP contribution >= 0.6 is 0 Å². The lowest BCUT2D eigenvalue weighted by atomic mass is 10.2. The Kier molecular flexibility index (Phi) is 19.4. The second-order valence-corrected chi connectivity index (χ2v) is 13.1. The fraction of sp³-hybridized carbons (Fsp3) is 1.00. The molecule has 40 heavy (non-hydrogen) atoms. The number of morpholine rings is 4. The molecule has 0 aromatic heterocycles. The van der Waals surface area contributed by atoms with Crippen molar-refractivity contribution in [2.45, 2.75) is 132 Å². The molecule has 0 radical (unpaired) electrons. The van der Waals surface area contributed by atoms with Gasteiger partial charge in [0.15, 0.2) is 0 Å². The average Bonchev–Trinajstić information content (AvgIpc) is 2.90. The number of rotatable bonds is 4. The predicted octanol–water partition coefficient (Wildman–Crippen LogP) is 4.46. The molecule has 8 heteroatoms. The molecular weight excluding hydrogens is 504 g/mol. The molecule has 4 aliphatic heterocycles. The maximum Gasteiger partial charge on any atom is 0.0674 e. The minimum Gasteiger partial charge on any atom is -0.379 e. The van der Waals surface area contributed by atoms with E-state index in [9.17, 15) is 0 Å². The van der Waals surface area contributed by atoms with Gasteiger partial charge in [-0.3, -0.25) is 19.6 Å². The first-order valence-electron chi connectivity index (χ1n) is 16.2. The zero-order chi connectivity index (χ0) is 30.2. The summed E-state index contributed by atoms with van der Waals surface area (Å²) in [5.74, 6) is 0. The van der Waals surface area contributed by atoms with Crippen LogP contribution in [-0.4, -0.2) is 147 Å². The van der Waals surface area contributed by atoms with Crippen molar-refractivity contribution >= 4 is 0 Å². The highest BCUT2D eigenvalue weighted by molar-refractivity contribution is 4.75. The van der Waals surface area contributed by atoms with Crippen LogP contribution in [0.1, 0.15) is 83.1 Å². The second-order valence-electron chi connectivity index (χ2n) is 13.1. The van der Waals surface area contributed by atoms with Gasteiger partial charge in [0.1, 0.15) is 0 Å². The van der Waals surface area contributed by atoms with Crippen LogP contribution in [0.4, 0.5) is 0 Å². The van der Waals surface area contributed by atoms with Crippen LogP contribution in [0, 0.1) is 0 Å². The molecular formula is C32H68N4O4. The van der Waals surface area contributed by atoms with E-state index < -0.39 is 0 Å². The molecule has 0 aromatic carbocycles. The summed E-state index contributed by atoms with van der Waals surface area (Å²) >= 11 is 0. The third kappa shape index (κ3) is 15.2. The molecule has 0 aromatic rings. The Morgan fingerprint density at radius 3 is 1.02 bits per heavy atom. The van der Waals surface area contributed by atoms with Crippen LogP contribution < -0.4 is 0 Å². The number of ether oxygens (including phenoxy) is 4. The molecule has 4 atom stereocenters. The third-order valence-corrected chi connectivity index (χ3v) is 8.17. The normalized spacial score (nSPS) is 29.4. The van der Waals surface area contributed by atoms with Gasteiger partial charge in [-0.05, 0) is 83.1 Å². The van der Waals surface area contributed by atoms with Gasteiger partial charge < -0.3 is 18.9 Å². The van der Waals surface area contributed by atoms with Crippen LogP contribution in [0.25, 0.3) is 0 Å². The molecule has 0 spiro atoms. The molecule has 4 fully saturated rings. The summed E-state index contributed by atoms with van der Waals surface area (Å²) in [6, 6.07) is 3.89. The summed E-state index contributed by atoms with van der Waals surface area (Å²) in [6.45, 7) is 38.6. The van der Waals surface area contributed by atoms with E-state index in [1.807, 2.05) is 0 Å². The van der Waals surface area contributed by atoms with E-state index in [2.05, 4.69) is 103 Å². The lowest BCUT2D eigenvalue weighted by molar-refractivity contribution is -0.0289. The van der Waals surface area contributed by atoms with Crippen LogP contribution in [0.5, 0.6) is 0 Å². The van der Waals surface area contributed by atoms with Crippen molar-refractivity contribution in [3.8, 4) is 0 Å². The van der Waals surface area contributed by atoms with Crippen LogP contribution in [0.2, 0.25) is 0 Å². The molecule has 240 valence electrons. The zero-order valence-corrected chi connectivity index (χ0v) is 28.5. The highest BCUT2D eigenvalue weighted by Gasteiger charge is 2.22. The maximum atomic E-state index is 5.42. The van der Waals surface area contributed by atoms with E-state index in [0.717, 1.165) is 78.9 Å². The highest BCUT2D eigenvalue weighted by atomic mass is 16.5. The van der Waals surface area contributed by atoms with Gasteiger partial charge in [-0.2, -0.15) is 0 Å². The first-order chi connectivity index (χ1) is 18.8. The first-order valence-corrected chi connectivity index (χ1v) is 16.2. The van der Waals surface area contributed by atoms with E-state index in [-0.39, 0.29) is 0 Å². The van der Waals surface area contributed by atoms with Gasteiger partial charge in [-0.25, -0.2) is 0 Å². The van der Waals surface area contributed by atoms with E-state index >= 15 is 0 Å². The largest absolute Gasteiger partial charge is 0.379 e. The Labute approximate surface area is 249 Å². The maximum absolute atomic E-state index is 5.42. The highest BCUT2D eigenvalue weighted by Crippen LogP contribution is 2.11. The summed E-state index contributed by atoms with van der Waals surface area (Å²) in [7, 11) is 0. The number of hydrogen-bond donors (Lipinski definition) is 0. The van der Waals surface area contributed by atoms with Crippen LogP contribution in [0.15, 0.2) is 0 Å². The molecule has 0 N–H and O–H groups in total. The fourth-order valence-electron chi connectivity index (χ4n) is 5.64. The van der Waals surface area contributed by atoms with E-state index in [1.54, 1.807) is 0 Å². The molecule has 0 saturated carbocycles. The smallest absolute Gasteiger partial charge is 0.0674 e. The molecule has 4 heterocycles. The quantitative estimate of drug-likeness (QED) is 0.490. The standard InChI is InChI=1S/4C8H17NO/c2*1-7(2)9-4-5-10-6-8(9)3;2*1-7(2)9-4-5-10-8(3)6-9/h4*7-8H,4-6H2,1-3H3/t4*8-/m1010/s1. The Balaban J connectivity index is 0.000000267. The minimum atomic E-state index is 0.427. The minimum absolute atomic E-state index is 0.427. The summed E-state index contributed by atoms with van der Waals surface area (Å²) in [4.78, 5) is 9.86. The summed E-state index contributed by atoms with van der Waals surface area (Å²) in [5.41, 5.74) is 0. The van der Waals surface area contributed by atoms with Gasteiger partial charge in [0.25, 0.3) is 0 Å². The lowest BCUT2D eigenvalue weighted by Crippen LogP contribution is -2.47. The topological polar surface area (TPSA) is 49.9 Å². The van der Waals surface area contributed by atoms with Crippen LogP contribution in [-0.2, 0) is 18.9 Å². The SMILES string of the molecule is CC(C)N1CCOC[C@@H]1C.CC(C)N1CCOC[C@H]1C.CC(C)N1CCO[C@@H](C)C1.CC(C)N1CCO[C@H](C)C1. The van der Waals surface area contributed by atoms with Crippen molar-refractivity contribution in [2.24, 2.45) is 0 Å². The summed E-state index contributed by atoms with van der Waals surface area (Å²) in [6.07, 6.45) is 0.854. The monoisotopic (exact) mass is 573 g/mol. The van der Waals surface area contributed by atoms with Gasteiger partial charge in [0.05, 0.1) is 51.8 Å². The molecule has 0 unspecified atom stereocenters. The van der Waals surface area contributed by atoms with Gasteiger partial charge >= 0.3 is 0 Å². The molecule has 4 saturated heterocycles. The van der Waals surface area contributed by atoms with Gasteiger partial charge in [-0.1, -0.05) is 0 Å². The first kappa shape index (κ1) is 37.7. The molecule has 4 rings (SSSR count). The van der Waals surface area contributed by atoms with Gasteiger partial charge in [-0.15, -0.1) is 0 Å². The molecule has 4 aliphatic rings. The van der Waals surface area contributed by atoms with Gasteiger partial charge in [0, 0.05) is 75.5 Å². The summed E-state index contributed by atoms with van der Waals surface area (Å²) < 4.78 is 21.5. The second kappa shape index (κ2) is 20.6. The van der Waals surface area contributed by atoms with E-state index in [1.165, 1.54) is 0 Å². The molecule has 0 bridgehead atoms. The number of hydrogen-bond acceptors (Lipinski definition) is 8. The van der Waals surface area contributed by atoms with E-state index in [0.29, 0.717) is 48.5 Å². The molecule has 0 aliphatic carbocycles. The Morgan fingerprint density at radius 2 is 0.825 bits per heavy atom. The predicted molar refractivity (Wildman–Crippen MR) is 168 cm³/mol.